The van der Waals surface area contributed by atoms with Crippen LogP contribution in [0.25, 0.3) is 0 Å². The number of benzene rings is 1. The van der Waals surface area contributed by atoms with E-state index in [9.17, 15) is 5.26 Å². The first-order chi connectivity index (χ1) is 9.22. The van der Waals surface area contributed by atoms with Gasteiger partial charge in [0.05, 0.1) is 11.5 Å². The van der Waals surface area contributed by atoms with Gasteiger partial charge in [0.2, 0.25) is 0 Å². The van der Waals surface area contributed by atoms with Gasteiger partial charge >= 0.3 is 0 Å². The summed E-state index contributed by atoms with van der Waals surface area (Å²) in [6.07, 6.45) is 5.41. The first-order valence-corrected chi connectivity index (χ1v) is 6.67. The highest BCUT2D eigenvalue weighted by Crippen LogP contribution is 2.39. The van der Waals surface area contributed by atoms with Gasteiger partial charge in [-0.3, -0.25) is 4.68 Å². The number of aryl methyl sites for hydroxylation is 2. The van der Waals surface area contributed by atoms with Crippen molar-refractivity contribution >= 4 is 0 Å². The summed E-state index contributed by atoms with van der Waals surface area (Å²) >= 11 is 0. The molecule has 1 aromatic carbocycles. The van der Waals surface area contributed by atoms with Crippen LogP contribution in [0.2, 0.25) is 0 Å². The van der Waals surface area contributed by atoms with Crippen LogP contribution in [-0.4, -0.2) is 9.78 Å². The molecule has 0 fully saturated rings. The topological polar surface area (TPSA) is 41.6 Å². The van der Waals surface area contributed by atoms with E-state index in [0.717, 1.165) is 25.7 Å². The maximum atomic E-state index is 9.61. The van der Waals surface area contributed by atoms with Crippen LogP contribution in [0.5, 0.6) is 0 Å². The summed E-state index contributed by atoms with van der Waals surface area (Å²) in [6, 6.07) is 13.0. The molecule has 0 atom stereocenters. The summed E-state index contributed by atoms with van der Waals surface area (Å²) in [6.45, 7) is 0. The Morgan fingerprint density at radius 1 is 1.26 bits per heavy atom. The van der Waals surface area contributed by atoms with Gasteiger partial charge in [-0.25, -0.2) is 0 Å². The molecule has 0 amide bonds. The lowest BCUT2D eigenvalue weighted by atomic mass is 9.81. The van der Waals surface area contributed by atoms with Crippen molar-refractivity contribution in [1.29, 1.82) is 5.26 Å². The molecule has 1 aromatic heterocycles. The first-order valence-electron chi connectivity index (χ1n) is 6.67. The molecule has 3 nitrogen and oxygen atoms in total. The third-order valence-electron chi connectivity index (χ3n) is 4.20. The Morgan fingerprint density at radius 2 is 1.95 bits per heavy atom. The molecule has 96 valence electrons. The smallest absolute Gasteiger partial charge is 0.0696 e. The Kier molecular flexibility index (Phi) is 2.87. The molecule has 1 aliphatic carbocycles. The lowest BCUT2D eigenvalue weighted by molar-refractivity contribution is 0.381. The van der Waals surface area contributed by atoms with Crippen LogP contribution in [0.4, 0.5) is 0 Å². The molecule has 0 spiro atoms. The van der Waals surface area contributed by atoms with Crippen LogP contribution >= 0.6 is 0 Å². The number of aromatic nitrogens is 2. The molecule has 2 aromatic rings. The largest absolute Gasteiger partial charge is 0.273 e. The number of nitriles is 1. The van der Waals surface area contributed by atoms with Crippen molar-refractivity contribution in [2.75, 3.05) is 0 Å². The van der Waals surface area contributed by atoms with Gasteiger partial charge in [-0.05, 0) is 42.9 Å². The van der Waals surface area contributed by atoms with Gasteiger partial charge < -0.3 is 0 Å². The zero-order chi connectivity index (χ0) is 13.3. The summed E-state index contributed by atoms with van der Waals surface area (Å²) in [5.41, 5.74) is 3.65. The normalized spacial score (nSPS) is 16.0. The second kappa shape index (κ2) is 4.55. The van der Waals surface area contributed by atoms with Crippen molar-refractivity contribution < 1.29 is 0 Å². The Labute approximate surface area is 113 Å². The minimum Gasteiger partial charge on any atom is -0.273 e. The van der Waals surface area contributed by atoms with Crippen LogP contribution < -0.4 is 0 Å². The predicted molar refractivity (Wildman–Crippen MR) is 73.4 cm³/mol. The minimum atomic E-state index is -0.228. The summed E-state index contributed by atoms with van der Waals surface area (Å²) in [7, 11) is 1.96. The van der Waals surface area contributed by atoms with Crippen LogP contribution in [0.1, 0.15) is 23.2 Å². The number of hydrogen-bond acceptors (Lipinski definition) is 2. The maximum Gasteiger partial charge on any atom is 0.0696 e. The molecule has 0 saturated carbocycles. The summed E-state index contributed by atoms with van der Waals surface area (Å²) < 4.78 is 1.90. The summed E-state index contributed by atoms with van der Waals surface area (Å²) in [5, 5.41) is 13.8. The van der Waals surface area contributed by atoms with Gasteiger partial charge in [-0.1, -0.05) is 24.3 Å². The monoisotopic (exact) mass is 251 g/mol. The van der Waals surface area contributed by atoms with Crippen molar-refractivity contribution in [3.63, 3.8) is 0 Å². The zero-order valence-electron chi connectivity index (χ0n) is 11.1. The molecule has 1 aliphatic rings. The fourth-order valence-electron chi connectivity index (χ4n) is 3.02. The average molecular weight is 251 g/mol. The van der Waals surface area contributed by atoms with E-state index in [-0.39, 0.29) is 5.41 Å². The molecule has 0 N–H and O–H groups in total. The third-order valence-corrected chi connectivity index (χ3v) is 4.20. The molecule has 3 rings (SSSR count). The van der Waals surface area contributed by atoms with Crippen LogP contribution in [0.15, 0.2) is 36.5 Å². The predicted octanol–water partition coefficient (Wildman–Crippen LogP) is 2.66. The fourth-order valence-corrected chi connectivity index (χ4v) is 3.02. The van der Waals surface area contributed by atoms with Crippen molar-refractivity contribution in [1.82, 2.24) is 9.78 Å². The average Bonchev–Trinajstić information content (AvgIpc) is 3.00. The van der Waals surface area contributed by atoms with E-state index in [1.54, 1.807) is 0 Å². The Morgan fingerprint density at radius 3 is 2.47 bits per heavy atom. The lowest BCUT2D eigenvalue weighted by Crippen LogP contribution is -2.20. The zero-order valence-corrected chi connectivity index (χ0v) is 11.1. The van der Waals surface area contributed by atoms with Crippen molar-refractivity contribution in [3.05, 3.63) is 53.3 Å². The Hall–Kier alpha value is -2.08. The van der Waals surface area contributed by atoms with E-state index in [1.807, 2.05) is 24.0 Å². The second-order valence-electron chi connectivity index (χ2n) is 5.46. The number of hydrogen-bond donors (Lipinski definition) is 0. The molecule has 0 unspecified atom stereocenters. The van der Waals surface area contributed by atoms with Crippen molar-refractivity contribution in [3.8, 4) is 6.07 Å². The van der Waals surface area contributed by atoms with E-state index in [2.05, 4.69) is 35.4 Å². The number of rotatable bonds is 3. The van der Waals surface area contributed by atoms with Gasteiger partial charge in [-0.2, -0.15) is 10.4 Å². The highest BCUT2D eigenvalue weighted by molar-refractivity contribution is 5.37. The molecular formula is C16H17N3. The van der Waals surface area contributed by atoms with Crippen LogP contribution in [-0.2, 0) is 26.3 Å². The van der Waals surface area contributed by atoms with Gasteiger partial charge in [0.25, 0.3) is 0 Å². The van der Waals surface area contributed by atoms with Gasteiger partial charge in [0.1, 0.15) is 0 Å². The molecular weight excluding hydrogens is 234 g/mol. The van der Waals surface area contributed by atoms with E-state index in [4.69, 9.17) is 0 Å². The molecule has 3 heteroatoms. The highest BCUT2D eigenvalue weighted by Gasteiger charge is 2.37. The summed E-state index contributed by atoms with van der Waals surface area (Å²) in [5.74, 6) is 0. The molecule has 0 bridgehead atoms. The molecule has 0 radical (unpaired) electrons. The summed E-state index contributed by atoms with van der Waals surface area (Å²) in [4.78, 5) is 0. The molecule has 0 saturated heterocycles. The number of fused-ring (bicyclic) bond motifs is 1. The molecule has 1 heterocycles. The van der Waals surface area contributed by atoms with E-state index < -0.39 is 0 Å². The van der Waals surface area contributed by atoms with Crippen molar-refractivity contribution in [2.45, 2.75) is 25.7 Å². The standard InChI is InChI=1S/C16H17N3/c1-19-15(7-9-18-19)6-8-16(12-17)10-13-4-2-3-5-14(13)11-16/h2-5,7,9H,6,8,10-11H2,1H3. The number of nitrogens with zero attached hydrogens (tertiary/aromatic N) is 3. The Bertz CT molecular complexity index is 608. The van der Waals surface area contributed by atoms with Crippen molar-refractivity contribution in [2.24, 2.45) is 12.5 Å². The van der Waals surface area contributed by atoms with E-state index in [1.165, 1.54) is 16.8 Å². The van der Waals surface area contributed by atoms with Gasteiger partial charge in [0, 0.05) is 18.9 Å². The lowest BCUT2D eigenvalue weighted by Gasteiger charge is -2.19. The third kappa shape index (κ3) is 2.15. The maximum absolute atomic E-state index is 9.61. The van der Waals surface area contributed by atoms with Gasteiger partial charge in [0.15, 0.2) is 0 Å². The second-order valence-corrected chi connectivity index (χ2v) is 5.46. The minimum absolute atomic E-state index is 0.228. The van der Waals surface area contributed by atoms with E-state index in [0.29, 0.717) is 0 Å². The first kappa shape index (κ1) is 12.0. The van der Waals surface area contributed by atoms with Gasteiger partial charge in [-0.15, -0.1) is 0 Å². The quantitative estimate of drug-likeness (QED) is 0.841. The SMILES string of the molecule is Cn1nccc1CCC1(C#N)Cc2ccccc2C1. The Balaban J connectivity index is 1.77. The fraction of sp³-hybridized carbons (Fsp3) is 0.375. The van der Waals surface area contributed by atoms with Crippen LogP contribution in [0.3, 0.4) is 0 Å². The van der Waals surface area contributed by atoms with Crippen LogP contribution in [0, 0.1) is 16.7 Å². The highest BCUT2D eigenvalue weighted by atomic mass is 15.2. The molecule has 19 heavy (non-hydrogen) atoms. The van der Waals surface area contributed by atoms with E-state index >= 15 is 0 Å². The molecule has 0 aliphatic heterocycles.